The maximum atomic E-state index is 11.1. The van der Waals surface area contributed by atoms with Gasteiger partial charge in [-0.1, -0.05) is 0 Å². The number of aromatic carboxylic acids is 1. The summed E-state index contributed by atoms with van der Waals surface area (Å²) in [5.74, 6) is -0.819. The molecule has 0 heterocycles. The molecule has 0 aromatic heterocycles. The van der Waals surface area contributed by atoms with Gasteiger partial charge in [-0.2, -0.15) is 0 Å². The van der Waals surface area contributed by atoms with Crippen molar-refractivity contribution in [2.75, 3.05) is 13.4 Å². The highest BCUT2D eigenvalue weighted by molar-refractivity contribution is 7.90. The van der Waals surface area contributed by atoms with Crippen molar-refractivity contribution in [1.29, 1.82) is 0 Å². The van der Waals surface area contributed by atoms with Gasteiger partial charge in [0.1, 0.15) is 17.6 Å². The Kier molecular flexibility index (Phi) is 3.38. The van der Waals surface area contributed by atoms with Gasteiger partial charge in [0.15, 0.2) is 4.90 Å². The van der Waals surface area contributed by atoms with Gasteiger partial charge in [0.25, 0.3) is 0 Å². The first-order valence-corrected chi connectivity index (χ1v) is 5.37. The van der Waals surface area contributed by atoms with Crippen molar-refractivity contribution in [3.05, 3.63) is 23.8 Å². The minimum absolute atomic E-state index is 0.0280. The summed E-state index contributed by atoms with van der Waals surface area (Å²) < 4.78 is 16.0. The van der Waals surface area contributed by atoms with Gasteiger partial charge in [-0.05, 0) is 23.3 Å². The lowest BCUT2D eigenvalue weighted by Gasteiger charge is -2.08. The van der Waals surface area contributed by atoms with Crippen LogP contribution >= 0.6 is 0 Å². The molecule has 1 aromatic rings. The molecule has 0 aliphatic carbocycles. The van der Waals surface area contributed by atoms with Crippen LogP contribution in [-0.2, 0) is 11.2 Å². The molecular weight excluding hydrogens is 204 g/mol. The van der Waals surface area contributed by atoms with E-state index in [9.17, 15) is 9.35 Å². The zero-order valence-electron chi connectivity index (χ0n) is 7.81. The summed E-state index contributed by atoms with van der Waals surface area (Å²) in [6.07, 6.45) is 1.49. The molecular formula is C9H10O4S. The van der Waals surface area contributed by atoms with Gasteiger partial charge >= 0.3 is 5.97 Å². The average Bonchev–Trinajstić information content (AvgIpc) is 2.16. The topological polar surface area (TPSA) is 69.6 Å². The first-order valence-electron chi connectivity index (χ1n) is 3.81. The largest absolute Gasteiger partial charge is 0.612 e. The maximum Gasteiger partial charge on any atom is 0.339 e. The van der Waals surface area contributed by atoms with Crippen LogP contribution in [0.4, 0.5) is 0 Å². The second-order valence-corrected chi connectivity index (χ2v) is 4.00. The number of hydrogen-bond donors (Lipinski definition) is 1. The van der Waals surface area contributed by atoms with Gasteiger partial charge in [0.2, 0.25) is 0 Å². The molecule has 4 nitrogen and oxygen atoms in total. The van der Waals surface area contributed by atoms with Gasteiger partial charge in [-0.3, -0.25) is 0 Å². The molecule has 0 bridgehead atoms. The molecule has 1 unspecified atom stereocenters. The molecule has 0 aliphatic rings. The summed E-state index contributed by atoms with van der Waals surface area (Å²) in [5.41, 5.74) is 0.0280. The normalized spacial score (nSPS) is 12.2. The Bertz CT molecular complexity index is 349. The van der Waals surface area contributed by atoms with Crippen molar-refractivity contribution < 1.29 is 19.2 Å². The third-order valence-corrected chi connectivity index (χ3v) is 2.65. The molecule has 0 saturated carbocycles. The van der Waals surface area contributed by atoms with Gasteiger partial charge < -0.3 is 14.4 Å². The first kappa shape index (κ1) is 10.9. The van der Waals surface area contributed by atoms with Crippen LogP contribution in [0.25, 0.3) is 0 Å². The van der Waals surface area contributed by atoms with E-state index < -0.39 is 17.1 Å². The second-order valence-electron chi connectivity index (χ2n) is 2.62. The molecule has 0 fully saturated rings. The number of benzene rings is 1. The first-order chi connectivity index (χ1) is 6.56. The van der Waals surface area contributed by atoms with Gasteiger partial charge in [0.05, 0.1) is 7.11 Å². The van der Waals surface area contributed by atoms with Gasteiger partial charge in [-0.25, -0.2) is 4.79 Å². The molecule has 0 amide bonds. The summed E-state index contributed by atoms with van der Waals surface area (Å²) in [5, 5.41) is 8.82. The van der Waals surface area contributed by atoms with E-state index in [0.717, 1.165) is 0 Å². The van der Waals surface area contributed by atoms with Crippen LogP contribution in [0.5, 0.6) is 5.75 Å². The van der Waals surface area contributed by atoms with E-state index in [4.69, 9.17) is 9.84 Å². The molecule has 0 aliphatic heterocycles. The van der Waals surface area contributed by atoms with E-state index in [0.29, 0.717) is 4.90 Å². The van der Waals surface area contributed by atoms with Crippen LogP contribution < -0.4 is 4.74 Å². The van der Waals surface area contributed by atoms with Crippen LogP contribution in [-0.4, -0.2) is 29.0 Å². The fourth-order valence-corrected chi connectivity index (χ4v) is 1.58. The van der Waals surface area contributed by atoms with Crippen molar-refractivity contribution in [1.82, 2.24) is 0 Å². The third-order valence-electron chi connectivity index (χ3n) is 1.73. The Hall–Kier alpha value is -1.20. The number of hydrogen-bond acceptors (Lipinski definition) is 3. The summed E-state index contributed by atoms with van der Waals surface area (Å²) in [6.45, 7) is 0. The van der Waals surface area contributed by atoms with Crippen molar-refractivity contribution in [2.24, 2.45) is 0 Å². The van der Waals surface area contributed by atoms with E-state index in [1.54, 1.807) is 6.07 Å². The number of rotatable bonds is 3. The number of carbonyl (C=O) groups is 1. The minimum Gasteiger partial charge on any atom is -0.612 e. The quantitative estimate of drug-likeness (QED) is 0.766. The summed E-state index contributed by atoms with van der Waals surface area (Å²) in [7, 11) is 1.39. The fourth-order valence-electron chi connectivity index (χ4n) is 1.03. The number of ether oxygens (including phenoxy) is 1. The zero-order valence-corrected chi connectivity index (χ0v) is 8.63. The minimum atomic E-state index is -1.18. The SMILES string of the molecule is COc1ccc([S+](C)[O-])cc1C(=O)O. The van der Waals surface area contributed by atoms with Crippen molar-refractivity contribution >= 4 is 17.1 Å². The Balaban J connectivity index is 3.21. The van der Waals surface area contributed by atoms with Crippen molar-refractivity contribution in [3.63, 3.8) is 0 Å². The molecule has 0 saturated heterocycles. The number of carboxylic acid groups (broad SMARTS) is 1. The predicted octanol–water partition coefficient (Wildman–Crippen LogP) is 1.13. The Morgan fingerprint density at radius 1 is 1.57 bits per heavy atom. The standard InChI is InChI=1S/C9H10O4S/c1-13-8-4-3-6(14(2)12)5-7(8)9(10)11/h3-5H,1-2H3,(H,10,11). The average molecular weight is 214 g/mol. The molecule has 1 atom stereocenters. The van der Waals surface area contributed by atoms with E-state index in [1.165, 1.54) is 25.5 Å². The Labute approximate surface area is 84.7 Å². The molecule has 14 heavy (non-hydrogen) atoms. The highest BCUT2D eigenvalue weighted by atomic mass is 32.2. The molecule has 0 radical (unpaired) electrons. The molecule has 1 N–H and O–H groups in total. The van der Waals surface area contributed by atoms with Crippen LogP contribution in [0.15, 0.2) is 23.1 Å². The number of carboxylic acids is 1. The van der Waals surface area contributed by atoms with Crippen molar-refractivity contribution in [2.45, 2.75) is 4.90 Å². The maximum absolute atomic E-state index is 11.1. The molecule has 1 aromatic carbocycles. The molecule has 0 spiro atoms. The monoisotopic (exact) mass is 214 g/mol. The van der Waals surface area contributed by atoms with Crippen molar-refractivity contribution in [3.8, 4) is 5.75 Å². The van der Waals surface area contributed by atoms with Gasteiger partial charge in [-0.15, -0.1) is 0 Å². The van der Waals surface area contributed by atoms with E-state index in [1.807, 2.05) is 0 Å². The highest BCUT2D eigenvalue weighted by Crippen LogP contribution is 2.22. The Morgan fingerprint density at radius 2 is 2.21 bits per heavy atom. The molecule has 5 heteroatoms. The fraction of sp³-hybridized carbons (Fsp3) is 0.222. The number of methoxy groups -OCH3 is 1. The van der Waals surface area contributed by atoms with Crippen LogP contribution in [0, 0.1) is 0 Å². The lowest BCUT2D eigenvalue weighted by atomic mass is 10.2. The Morgan fingerprint density at radius 3 is 2.64 bits per heavy atom. The van der Waals surface area contributed by atoms with Crippen LogP contribution in [0.2, 0.25) is 0 Å². The summed E-state index contributed by atoms with van der Waals surface area (Å²) >= 11 is -1.18. The predicted molar refractivity (Wildman–Crippen MR) is 52.3 cm³/mol. The summed E-state index contributed by atoms with van der Waals surface area (Å²) in [4.78, 5) is 11.3. The van der Waals surface area contributed by atoms with Gasteiger partial charge in [0, 0.05) is 6.07 Å². The lowest BCUT2D eigenvalue weighted by molar-refractivity contribution is 0.0693. The molecule has 1 rings (SSSR count). The van der Waals surface area contributed by atoms with E-state index in [2.05, 4.69) is 0 Å². The second kappa shape index (κ2) is 4.34. The summed E-state index contributed by atoms with van der Waals surface area (Å²) in [6, 6.07) is 4.44. The van der Waals surface area contributed by atoms with E-state index in [-0.39, 0.29) is 11.3 Å². The zero-order chi connectivity index (χ0) is 10.7. The lowest BCUT2D eigenvalue weighted by Crippen LogP contribution is -2.04. The molecule has 76 valence electrons. The smallest absolute Gasteiger partial charge is 0.339 e. The highest BCUT2D eigenvalue weighted by Gasteiger charge is 2.15. The third kappa shape index (κ3) is 2.18. The van der Waals surface area contributed by atoms with Crippen LogP contribution in [0.3, 0.4) is 0 Å². The van der Waals surface area contributed by atoms with E-state index >= 15 is 0 Å². The van der Waals surface area contributed by atoms with Crippen LogP contribution in [0.1, 0.15) is 10.4 Å².